The molecule has 26 nitrogen and oxygen atoms in total. The molecule has 26 heteroatoms. The van der Waals surface area contributed by atoms with Gasteiger partial charge in [0.2, 0.25) is 6.29 Å². The van der Waals surface area contributed by atoms with Crippen molar-refractivity contribution >= 4 is 5.97 Å². The normalized spacial score (nSPS) is 54.1. The fraction of sp³-hybridized carbons (Fsp3) is 0.949. The van der Waals surface area contributed by atoms with Crippen LogP contribution in [-0.4, -0.2) is 263 Å². The largest absolute Gasteiger partial charge is 0.432 e. The number of carbonyl (C=O) groups is 1. The summed E-state index contributed by atoms with van der Waals surface area (Å²) in [5, 5.41) is 160. The molecule has 0 radical (unpaired) electrons. The fourth-order valence-electron chi connectivity index (χ4n) is 17.6. The maximum atomic E-state index is 15.2. The van der Waals surface area contributed by atoms with Crippen LogP contribution in [0.5, 0.6) is 0 Å². The van der Waals surface area contributed by atoms with E-state index in [9.17, 15) is 76.6 Å². The summed E-state index contributed by atoms with van der Waals surface area (Å²) < 4.78 is 60.6. The van der Waals surface area contributed by atoms with Crippen LogP contribution >= 0.6 is 0 Å². The molecular formula is C59H96O26. The Hall–Kier alpha value is -1.75. The lowest BCUT2D eigenvalue weighted by Gasteiger charge is -2.71. The Morgan fingerprint density at radius 3 is 1.73 bits per heavy atom. The highest BCUT2D eigenvalue weighted by Gasteiger charge is 2.70. The van der Waals surface area contributed by atoms with Crippen LogP contribution in [0.4, 0.5) is 0 Å². The zero-order chi connectivity index (χ0) is 62.0. The van der Waals surface area contributed by atoms with Gasteiger partial charge >= 0.3 is 5.97 Å². The van der Waals surface area contributed by atoms with Crippen LogP contribution in [0.25, 0.3) is 0 Å². The van der Waals surface area contributed by atoms with Crippen molar-refractivity contribution in [3.63, 3.8) is 0 Å². The summed E-state index contributed by atoms with van der Waals surface area (Å²) in [6.45, 7) is 15.0. The highest BCUT2D eigenvalue weighted by molar-refractivity contribution is 5.79. The van der Waals surface area contributed by atoms with E-state index >= 15 is 4.79 Å². The number of aliphatic hydroxyl groups is 15. The number of hydrogen-bond donors (Lipinski definition) is 15. The van der Waals surface area contributed by atoms with E-state index in [4.69, 9.17) is 47.4 Å². The van der Waals surface area contributed by atoms with Gasteiger partial charge in [-0.1, -0.05) is 60.1 Å². The molecule has 32 atom stereocenters. The lowest BCUT2D eigenvalue weighted by molar-refractivity contribution is -0.388. The van der Waals surface area contributed by atoms with Crippen molar-refractivity contribution in [3.8, 4) is 0 Å². The first-order chi connectivity index (χ1) is 39.8. The molecule has 5 saturated heterocycles. The number of fused-ring (bicyclic) bond motifs is 7. The monoisotopic (exact) mass is 1220 g/mol. The lowest BCUT2D eigenvalue weighted by atomic mass is 9.33. The molecule has 0 aromatic heterocycles. The Morgan fingerprint density at radius 1 is 0.553 bits per heavy atom. The van der Waals surface area contributed by atoms with Gasteiger partial charge in [-0.15, -0.1) is 0 Å². The molecule has 5 aliphatic heterocycles. The maximum absolute atomic E-state index is 15.2. The second-order valence-electron chi connectivity index (χ2n) is 28.7. The van der Waals surface area contributed by atoms with Gasteiger partial charge in [0.15, 0.2) is 25.2 Å². The molecule has 4 saturated carbocycles. The van der Waals surface area contributed by atoms with Gasteiger partial charge in [-0.3, -0.25) is 4.79 Å². The molecule has 85 heavy (non-hydrogen) atoms. The summed E-state index contributed by atoms with van der Waals surface area (Å²) in [5.74, 6) is -0.599. The highest BCUT2D eigenvalue weighted by Crippen LogP contribution is 2.76. The molecular weight excluding hydrogens is 1120 g/mol. The zero-order valence-electron chi connectivity index (χ0n) is 49.8. The molecule has 9 fully saturated rings. The van der Waals surface area contributed by atoms with E-state index in [1.807, 2.05) is 0 Å². The second-order valence-corrected chi connectivity index (χ2v) is 28.7. The third kappa shape index (κ3) is 11.2. The van der Waals surface area contributed by atoms with Crippen molar-refractivity contribution < 1.29 is 129 Å². The molecule has 10 aliphatic rings. The first-order valence-electron chi connectivity index (χ1n) is 30.6. The highest BCUT2D eigenvalue weighted by atomic mass is 16.8. The Balaban J connectivity index is 0.875. The van der Waals surface area contributed by atoms with E-state index in [-0.39, 0.29) is 46.0 Å². The van der Waals surface area contributed by atoms with Crippen LogP contribution in [0, 0.1) is 50.2 Å². The molecule has 15 N–H and O–H groups in total. The molecule has 5 aliphatic carbocycles. The van der Waals surface area contributed by atoms with Crippen molar-refractivity contribution in [2.24, 2.45) is 50.2 Å². The van der Waals surface area contributed by atoms with Crippen molar-refractivity contribution in [2.45, 2.75) is 273 Å². The molecule has 488 valence electrons. The number of rotatable bonds is 13. The summed E-state index contributed by atoms with van der Waals surface area (Å²) in [6.07, 6.45) is -29.9. The first kappa shape index (κ1) is 66.2. The van der Waals surface area contributed by atoms with E-state index in [2.05, 4.69) is 54.5 Å². The molecule has 0 bridgehead atoms. The van der Waals surface area contributed by atoms with Crippen LogP contribution in [-0.2, 0) is 52.2 Å². The number of esters is 1. The molecule has 0 aromatic rings. The number of allylic oxidation sites excluding steroid dienone is 2. The Kier molecular flexibility index (Phi) is 19.0. The predicted molar refractivity (Wildman–Crippen MR) is 288 cm³/mol. The third-order valence-electron chi connectivity index (χ3n) is 23.1. The van der Waals surface area contributed by atoms with Gasteiger partial charge in [-0.25, -0.2) is 0 Å². The maximum Gasteiger partial charge on any atom is 0.315 e. The van der Waals surface area contributed by atoms with Crippen LogP contribution in [0.3, 0.4) is 0 Å². The van der Waals surface area contributed by atoms with Crippen LogP contribution in [0.2, 0.25) is 0 Å². The smallest absolute Gasteiger partial charge is 0.315 e. The summed E-state index contributed by atoms with van der Waals surface area (Å²) in [7, 11) is 0. The molecule has 0 aromatic carbocycles. The van der Waals surface area contributed by atoms with Gasteiger partial charge in [0.1, 0.15) is 110 Å². The van der Waals surface area contributed by atoms with Crippen molar-refractivity contribution in [1.29, 1.82) is 0 Å². The number of hydrogen-bond acceptors (Lipinski definition) is 26. The average Bonchev–Trinajstić information content (AvgIpc) is 0.699. The van der Waals surface area contributed by atoms with Crippen molar-refractivity contribution in [1.82, 2.24) is 0 Å². The van der Waals surface area contributed by atoms with Gasteiger partial charge in [-0.05, 0) is 116 Å². The van der Waals surface area contributed by atoms with E-state index in [0.717, 1.165) is 25.7 Å². The minimum atomic E-state index is -1.85. The van der Waals surface area contributed by atoms with Crippen molar-refractivity contribution in [3.05, 3.63) is 11.6 Å². The molecule has 32 unspecified atom stereocenters. The van der Waals surface area contributed by atoms with E-state index in [1.165, 1.54) is 12.5 Å². The molecule has 0 amide bonds. The van der Waals surface area contributed by atoms with E-state index < -0.39 is 190 Å². The van der Waals surface area contributed by atoms with E-state index in [0.29, 0.717) is 38.5 Å². The Bertz CT molecular complexity index is 2360. The fourth-order valence-corrected chi connectivity index (χ4v) is 17.6. The third-order valence-corrected chi connectivity index (χ3v) is 23.1. The average molecular weight is 1220 g/mol. The summed E-state index contributed by atoms with van der Waals surface area (Å²) >= 11 is 0. The standard InChI is InChI=1S/C59H96O26/c1-24-34(63)38(67)43(72)49(78-24)84-47-46(83-50-44(73)40(69)36(65)29(21-61)80-50)27(62)22-76-52(47)82-33-12-13-56(6)31(55(33,4)5)11-14-58(8)32(56)10-9-25-26-19-54(2,3)15-17-59(26,18-16-57(25,58)7)53(75)85-51-45(74)41(70)37(66)30(81-51)23-77-48-42(71)39(68)35(64)28(20-60)79-48/h9,24,26-52,60-74H,10-23H2,1-8H3. The summed E-state index contributed by atoms with van der Waals surface area (Å²) in [6, 6.07) is 0. The predicted octanol–water partition coefficient (Wildman–Crippen LogP) is -2.54. The molecule has 10 rings (SSSR count). The van der Waals surface area contributed by atoms with Gasteiger partial charge in [-0.2, -0.15) is 0 Å². The minimum absolute atomic E-state index is 0.0829. The van der Waals surface area contributed by atoms with Crippen LogP contribution < -0.4 is 0 Å². The molecule has 5 heterocycles. The van der Waals surface area contributed by atoms with Gasteiger partial charge in [0.25, 0.3) is 0 Å². The second kappa shape index (κ2) is 24.4. The van der Waals surface area contributed by atoms with Gasteiger partial charge in [0, 0.05) is 0 Å². The van der Waals surface area contributed by atoms with Crippen LogP contribution in [0.1, 0.15) is 120 Å². The first-order valence-corrected chi connectivity index (χ1v) is 30.6. The SMILES string of the molecule is CC1OC(OC2C(OC3CCC4(C)C(CCC5(C)C4CC=C4C6CC(C)(C)CCC6(C(=O)OC6OC(COC7OC(CO)C(O)C(O)C7O)C(O)C(O)C6O)CCC45C)C3(C)C)OCC(O)C2OC2OC(CO)C(O)C(O)C2O)C(O)C(O)C1O. The number of aliphatic hydroxyl groups excluding tert-OH is 15. The lowest BCUT2D eigenvalue weighted by Crippen LogP contribution is -2.67. The van der Waals surface area contributed by atoms with E-state index in [1.54, 1.807) is 0 Å². The quantitative estimate of drug-likeness (QED) is 0.0513. The number of ether oxygens (including phenoxy) is 10. The zero-order valence-corrected chi connectivity index (χ0v) is 49.8. The molecule has 0 spiro atoms. The van der Waals surface area contributed by atoms with Gasteiger partial charge < -0.3 is 124 Å². The minimum Gasteiger partial charge on any atom is -0.432 e. The van der Waals surface area contributed by atoms with Gasteiger partial charge in [0.05, 0.1) is 44.1 Å². The Morgan fingerprint density at radius 2 is 1.09 bits per heavy atom. The summed E-state index contributed by atoms with van der Waals surface area (Å²) in [5.41, 5.74) is -1.41. The summed E-state index contributed by atoms with van der Waals surface area (Å²) in [4.78, 5) is 15.2. The number of carbonyl (C=O) groups excluding carboxylic acids is 1. The topological polar surface area (TPSA) is 413 Å². The van der Waals surface area contributed by atoms with Crippen molar-refractivity contribution in [2.75, 3.05) is 26.4 Å². The Labute approximate surface area is 494 Å². The van der Waals surface area contributed by atoms with Crippen LogP contribution in [0.15, 0.2) is 11.6 Å².